The predicted molar refractivity (Wildman–Crippen MR) is 52.7 cm³/mol. The van der Waals surface area contributed by atoms with Crippen LogP contribution in [0.2, 0.25) is 0 Å². The number of carboxylic acid groups (broad SMARTS) is 1. The number of ketones is 3. The van der Waals surface area contributed by atoms with E-state index >= 15 is 0 Å². The van der Waals surface area contributed by atoms with Crippen molar-refractivity contribution in [3.05, 3.63) is 0 Å². The van der Waals surface area contributed by atoms with Gasteiger partial charge in [-0.3, -0.25) is 14.4 Å². The van der Waals surface area contributed by atoms with Gasteiger partial charge in [0.25, 0.3) is 0 Å². The van der Waals surface area contributed by atoms with Crippen LogP contribution >= 0.6 is 0 Å². The first-order chi connectivity index (χ1) is 7.02. The number of aliphatic carboxylic acids is 1. The van der Waals surface area contributed by atoms with E-state index in [1.165, 1.54) is 0 Å². The molecule has 0 aromatic rings. The number of rotatable bonds is 5. The zero-order chi connectivity index (χ0) is 13.3. The van der Waals surface area contributed by atoms with Crippen molar-refractivity contribution < 1.29 is 29.4 Å². The molecule has 6 nitrogen and oxygen atoms in total. The fourth-order valence-corrected chi connectivity index (χ4v) is 1.93. The Hall–Kier alpha value is -1.56. The number of hydrogen-bond acceptors (Lipinski definition) is 5. The SMILES string of the molecule is CC(=O)C(C(C)=O)(C(C)=O)C(C)(O)C(=O)O. The zero-order valence-corrected chi connectivity index (χ0v) is 9.53. The Balaban J connectivity index is 6.14. The summed E-state index contributed by atoms with van der Waals surface area (Å²) in [5.41, 5.74) is -5.30. The smallest absolute Gasteiger partial charge is 0.337 e. The number of aliphatic hydroxyl groups is 1. The van der Waals surface area contributed by atoms with Gasteiger partial charge in [-0.1, -0.05) is 0 Å². The molecule has 90 valence electrons. The van der Waals surface area contributed by atoms with Gasteiger partial charge >= 0.3 is 5.97 Å². The first-order valence-corrected chi connectivity index (χ1v) is 4.51. The molecule has 0 amide bonds. The van der Waals surface area contributed by atoms with E-state index in [1.807, 2.05) is 0 Å². The van der Waals surface area contributed by atoms with Gasteiger partial charge in [0.2, 0.25) is 0 Å². The van der Waals surface area contributed by atoms with Crippen molar-refractivity contribution in [3.63, 3.8) is 0 Å². The maximum Gasteiger partial charge on any atom is 0.337 e. The molecule has 1 atom stereocenters. The Bertz CT molecular complexity index is 329. The van der Waals surface area contributed by atoms with Crippen molar-refractivity contribution in [1.82, 2.24) is 0 Å². The van der Waals surface area contributed by atoms with Gasteiger partial charge in [-0.05, 0) is 27.7 Å². The minimum absolute atomic E-state index is 0.763. The second-order valence-corrected chi connectivity index (χ2v) is 3.80. The van der Waals surface area contributed by atoms with E-state index in [0.717, 1.165) is 27.7 Å². The van der Waals surface area contributed by atoms with Crippen LogP contribution in [0.15, 0.2) is 0 Å². The molecular formula is C10H14O6. The largest absolute Gasteiger partial charge is 0.479 e. The molecule has 0 saturated carbocycles. The molecule has 0 heterocycles. The number of hydrogen-bond donors (Lipinski definition) is 2. The molecule has 0 saturated heterocycles. The molecule has 0 aliphatic heterocycles. The van der Waals surface area contributed by atoms with Crippen LogP contribution in [-0.4, -0.2) is 39.1 Å². The average molecular weight is 230 g/mol. The van der Waals surface area contributed by atoms with Gasteiger partial charge in [-0.25, -0.2) is 4.79 Å². The van der Waals surface area contributed by atoms with Crippen LogP contribution < -0.4 is 0 Å². The molecular weight excluding hydrogens is 216 g/mol. The zero-order valence-electron chi connectivity index (χ0n) is 9.53. The van der Waals surface area contributed by atoms with Crippen molar-refractivity contribution in [2.45, 2.75) is 33.3 Å². The van der Waals surface area contributed by atoms with Crippen molar-refractivity contribution in [2.24, 2.45) is 5.41 Å². The molecule has 0 fully saturated rings. The van der Waals surface area contributed by atoms with Crippen LogP contribution in [0.1, 0.15) is 27.7 Å². The fraction of sp³-hybridized carbons (Fsp3) is 0.600. The lowest BCUT2D eigenvalue weighted by atomic mass is 9.65. The molecule has 0 aromatic carbocycles. The Morgan fingerprint density at radius 1 is 0.875 bits per heavy atom. The highest BCUT2D eigenvalue weighted by molar-refractivity contribution is 6.26. The molecule has 2 N–H and O–H groups in total. The number of carbonyl (C=O) groups excluding carboxylic acids is 3. The number of carboxylic acids is 1. The summed E-state index contributed by atoms with van der Waals surface area (Å²) in [6.07, 6.45) is 0. The average Bonchev–Trinajstić information content (AvgIpc) is 2.00. The molecule has 0 bridgehead atoms. The highest BCUT2D eigenvalue weighted by atomic mass is 16.4. The summed E-state index contributed by atoms with van der Waals surface area (Å²) in [6.45, 7) is 3.47. The third-order valence-electron chi connectivity index (χ3n) is 2.73. The quantitative estimate of drug-likeness (QED) is 0.620. The van der Waals surface area contributed by atoms with E-state index in [4.69, 9.17) is 5.11 Å². The number of Topliss-reactive ketones (excluding diaryl/α,β-unsaturated/α-hetero) is 3. The molecule has 0 radical (unpaired) electrons. The molecule has 0 spiro atoms. The minimum Gasteiger partial charge on any atom is -0.479 e. The molecule has 1 unspecified atom stereocenters. The molecule has 0 aliphatic carbocycles. The van der Waals surface area contributed by atoms with Crippen LogP contribution in [-0.2, 0) is 19.2 Å². The van der Waals surface area contributed by atoms with Gasteiger partial charge < -0.3 is 10.2 Å². The third-order valence-corrected chi connectivity index (χ3v) is 2.73. The van der Waals surface area contributed by atoms with Gasteiger partial charge in [-0.15, -0.1) is 0 Å². The van der Waals surface area contributed by atoms with E-state index in [1.54, 1.807) is 0 Å². The predicted octanol–water partition coefficient (Wildman–Crippen LogP) is -0.425. The second-order valence-electron chi connectivity index (χ2n) is 3.80. The summed E-state index contributed by atoms with van der Waals surface area (Å²) in [6, 6.07) is 0. The Morgan fingerprint density at radius 2 is 1.12 bits per heavy atom. The van der Waals surface area contributed by atoms with Crippen LogP contribution in [0.3, 0.4) is 0 Å². The monoisotopic (exact) mass is 230 g/mol. The topological polar surface area (TPSA) is 109 Å². The van der Waals surface area contributed by atoms with Crippen LogP contribution in [0, 0.1) is 5.41 Å². The molecule has 0 aromatic heterocycles. The lowest BCUT2D eigenvalue weighted by molar-refractivity contribution is -0.182. The fourth-order valence-electron chi connectivity index (χ4n) is 1.93. The number of carbonyl (C=O) groups is 4. The summed E-state index contributed by atoms with van der Waals surface area (Å²) >= 11 is 0. The first-order valence-electron chi connectivity index (χ1n) is 4.51. The summed E-state index contributed by atoms with van der Waals surface area (Å²) in [4.78, 5) is 45.2. The van der Waals surface area contributed by atoms with Crippen LogP contribution in [0.4, 0.5) is 0 Å². The van der Waals surface area contributed by atoms with Crippen molar-refractivity contribution in [1.29, 1.82) is 0 Å². The summed E-state index contributed by atoms with van der Waals surface area (Å²) in [7, 11) is 0. The first kappa shape index (κ1) is 14.4. The van der Waals surface area contributed by atoms with Gasteiger partial charge in [0.15, 0.2) is 28.4 Å². The summed E-state index contributed by atoms with van der Waals surface area (Å²) in [5.74, 6) is -4.76. The van der Waals surface area contributed by atoms with E-state index < -0.39 is 34.3 Å². The molecule has 16 heavy (non-hydrogen) atoms. The van der Waals surface area contributed by atoms with Gasteiger partial charge in [-0.2, -0.15) is 0 Å². The Labute approximate surface area is 92.3 Å². The van der Waals surface area contributed by atoms with E-state index in [9.17, 15) is 24.3 Å². The van der Waals surface area contributed by atoms with E-state index in [0.29, 0.717) is 0 Å². The van der Waals surface area contributed by atoms with E-state index in [2.05, 4.69) is 0 Å². The van der Waals surface area contributed by atoms with Crippen LogP contribution in [0.5, 0.6) is 0 Å². The highest BCUT2D eigenvalue weighted by Crippen LogP contribution is 2.35. The Morgan fingerprint density at radius 3 is 1.19 bits per heavy atom. The lowest BCUT2D eigenvalue weighted by Crippen LogP contribution is -2.63. The normalized spacial score (nSPS) is 15.1. The molecule has 6 heteroatoms. The third kappa shape index (κ3) is 1.65. The maximum atomic E-state index is 11.4. The van der Waals surface area contributed by atoms with Crippen LogP contribution in [0.25, 0.3) is 0 Å². The highest BCUT2D eigenvalue weighted by Gasteiger charge is 2.62. The minimum atomic E-state index is -2.75. The Kier molecular flexibility index (Phi) is 3.73. The molecule has 0 aliphatic rings. The van der Waals surface area contributed by atoms with Crippen molar-refractivity contribution >= 4 is 23.3 Å². The molecule has 0 rings (SSSR count). The lowest BCUT2D eigenvalue weighted by Gasteiger charge is -2.36. The summed E-state index contributed by atoms with van der Waals surface area (Å²) in [5, 5.41) is 18.6. The van der Waals surface area contributed by atoms with Gasteiger partial charge in [0.1, 0.15) is 0 Å². The maximum absolute atomic E-state index is 11.4. The van der Waals surface area contributed by atoms with Crippen molar-refractivity contribution in [3.8, 4) is 0 Å². The second kappa shape index (κ2) is 4.13. The standard InChI is InChI=1S/C10H14O6/c1-5(11)10(6(2)12,7(3)13)9(4,16)8(14)15/h16H,1-4H3,(H,14,15). The van der Waals surface area contributed by atoms with E-state index in [-0.39, 0.29) is 0 Å². The van der Waals surface area contributed by atoms with Crippen molar-refractivity contribution in [2.75, 3.05) is 0 Å². The summed E-state index contributed by atoms with van der Waals surface area (Å²) < 4.78 is 0. The van der Waals surface area contributed by atoms with Gasteiger partial charge in [0.05, 0.1) is 0 Å². The van der Waals surface area contributed by atoms with Gasteiger partial charge in [0, 0.05) is 0 Å².